The SMILES string of the molecule is CCC1(C(=O)O)CNC1. The molecule has 1 aliphatic heterocycles. The molecule has 52 valence electrons. The van der Waals surface area contributed by atoms with Gasteiger partial charge in [0, 0.05) is 13.1 Å². The van der Waals surface area contributed by atoms with Crippen LogP contribution in [-0.4, -0.2) is 24.2 Å². The van der Waals surface area contributed by atoms with E-state index in [-0.39, 0.29) is 0 Å². The summed E-state index contributed by atoms with van der Waals surface area (Å²) in [6.07, 6.45) is 0.731. The molecule has 9 heavy (non-hydrogen) atoms. The van der Waals surface area contributed by atoms with E-state index in [1.54, 1.807) is 0 Å². The summed E-state index contributed by atoms with van der Waals surface area (Å²) >= 11 is 0. The molecule has 0 saturated carbocycles. The third-order valence-electron chi connectivity index (χ3n) is 2.06. The van der Waals surface area contributed by atoms with Crippen LogP contribution in [0.15, 0.2) is 0 Å². The summed E-state index contributed by atoms with van der Waals surface area (Å²) in [5.74, 6) is -0.663. The van der Waals surface area contributed by atoms with Crippen molar-refractivity contribution in [2.24, 2.45) is 5.41 Å². The van der Waals surface area contributed by atoms with Crippen LogP contribution in [0.3, 0.4) is 0 Å². The van der Waals surface area contributed by atoms with Crippen LogP contribution in [-0.2, 0) is 4.79 Å². The first-order valence-electron chi connectivity index (χ1n) is 3.15. The third-order valence-corrected chi connectivity index (χ3v) is 2.06. The van der Waals surface area contributed by atoms with E-state index in [1.807, 2.05) is 6.92 Å². The first-order chi connectivity index (χ1) is 4.21. The van der Waals surface area contributed by atoms with E-state index < -0.39 is 11.4 Å². The van der Waals surface area contributed by atoms with E-state index in [1.165, 1.54) is 0 Å². The molecule has 0 radical (unpaired) electrons. The molecule has 2 N–H and O–H groups in total. The van der Waals surface area contributed by atoms with Gasteiger partial charge in [-0.2, -0.15) is 0 Å². The Morgan fingerprint density at radius 1 is 1.78 bits per heavy atom. The molecule has 3 nitrogen and oxygen atoms in total. The number of carbonyl (C=O) groups is 1. The standard InChI is InChI=1S/C6H11NO2/c1-2-6(5(8)9)3-7-4-6/h7H,2-4H2,1H3,(H,8,9). The van der Waals surface area contributed by atoms with Gasteiger partial charge in [0.25, 0.3) is 0 Å². The highest BCUT2D eigenvalue weighted by Gasteiger charge is 2.42. The summed E-state index contributed by atoms with van der Waals surface area (Å²) in [6, 6.07) is 0. The number of rotatable bonds is 2. The zero-order valence-corrected chi connectivity index (χ0v) is 5.48. The van der Waals surface area contributed by atoms with Crippen molar-refractivity contribution in [2.75, 3.05) is 13.1 Å². The quantitative estimate of drug-likeness (QED) is 0.554. The maximum atomic E-state index is 10.5. The highest BCUT2D eigenvalue weighted by Crippen LogP contribution is 2.26. The fourth-order valence-electron chi connectivity index (χ4n) is 0.979. The first-order valence-corrected chi connectivity index (χ1v) is 3.15. The van der Waals surface area contributed by atoms with Crippen molar-refractivity contribution in [2.45, 2.75) is 13.3 Å². The lowest BCUT2D eigenvalue weighted by atomic mass is 9.79. The highest BCUT2D eigenvalue weighted by molar-refractivity contribution is 5.76. The molecular formula is C6H11NO2. The predicted molar refractivity (Wildman–Crippen MR) is 33.2 cm³/mol. The van der Waals surface area contributed by atoms with Gasteiger partial charge in [0.2, 0.25) is 0 Å². The molecular weight excluding hydrogens is 118 g/mol. The average Bonchev–Trinajstić information content (AvgIpc) is 1.62. The molecule has 0 atom stereocenters. The number of aliphatic carboxylic acids is 1. The van der Waals surface area contributed by atoms with Gasteiger partial charge in [0.1, 0.15) is 0 Å². The fourth-order valence-corrected chi connectivity index (χ4v) is 0.979. The molecule has 1 rings (SSSR count). The Kier molecular flexibility index (Phi) is 1.45. The van der Waals surface area contributed by atoms with E-state index in [0.717, 1.165) is 6.42 Å². The Morgan fingerprint density at radius 3 is 2.33 bits per heavy atom. The van der Waals surface area contributed by atoms with Gasteiger partial charge in [0.05, 0.1) is 5.41 Å². The molecule has 1 fully saturated rings. The summed E-state index contributed by atoms with van der Waals surface area (Å²) in [5, 5.41) is 11.6. The zero-order chi connectivity index (χ0) is 6.91. The van der Waals surface area contributed by atoms with Crippen LogP contribution in [0.5, 0.6) is 0 Å². The fraction of sp³-hybridized carbons (Fsp3) is 0.833. The number of hydrogen-bond donors (Lipinski definition) is 2. The molecule has 0 spiro atoms. The third kappa shape index (κ3) is 0.812. The second-order valence-electron chi connectivity index (χ2n) is 2.54. The van der Waals surface area contributed by atoms with Crippen LogP contribution in [0.25, 0.3) is 0 Å². The Hall–Kier alpha value is -0.570. The Balaban J connectivity index is 2.57. The number of carboxylic acids is 1. The van der Waals surface area contributed by atoms with Crippen molar-refractivity contribution in [1.82, 2.24) is 5.32 Å². The van der Waals surface area contributed by atoms with Crippen LogP contribution in [0.2, 0.25) is 0 Å². The monoisotopic (exact) mass is 129 g/mol. The van der Waals surface area contributed by atoms with Gasteiger partial charge in [-0.25, -0.2) is 0 Å². The molecule has 0 aliphatic carbocycles. The van der Waals surface area contributed by atoms with E-state index >= 15 is 0 Å². The van der Waals surface area contributed by atoms with Gasteiger partial charge in [0.15, 0.2) is 0 Å². The zero-order valence-electron chi connectivity index (χ0n) is 5.48. The topological polar surface area (TPSA) is 49.3 Å². The molecule has 0 amide bonds. The second-order valence-corrected chi connectivity index (χ2v) is 2.54. The van der Waals surface area contributed by atoms with Crippen molar-refractivity contribution in [1.29, 1.82) is 0 Å². The lowest BCUT2D eigenvalue weighted by Gasteiger charge is -2.37. The summed E-state index contributed by atoms with van der Waals surface area (Å²) in [5.41, 5.74) is -0.431. The van der Waals surface area contributed by atoms with Gasteiger partial charge in [-0.1, -0.05) is 6.92 Å². The molecule has 0 aromatic rings. The number of hydrogen-bond acceptors (Lipinski definition) is 2. The molecule has 0 aromatic carbocycles. The lowest BCUT2D eigenvalue weighted by Crippen LogP contribution is -2.57. The average molecular weight is 129 g/mol. The van der Waals surface area contributed by atoms with Crippen molar-refractivity contribution in [3.05, 3.63) is 0 Å². The maximum absolute atomic E-state index is 10.5. The van der Waals surface area contributed by atoms with E-state index in [0.29, 0.717) is 13.1 Å². The van der Waals surface area contributed by atoms with Crippen LogP contribution in [0, 0.1) is 5.41 Å². The predicted octanol–water partition coefficient (Wildman–Crippen LogP) is 0.0706. The summed E-state index contributed by atoms with van der Waals surface area (Å²) in [7, 11) is 0. The van der Waals surface area contributed by atoms with E-state index in [4.69, 9.17) is 5.11 Å². The minimum Gasteiger partial charge on any atom is -0.481 e. The smallest absolute Gasteiger partial charge is 0.312 e. The molecule has 1 heterocycles. The molecule has 3 heteroatoms. The van der Waals surface area contributed by atoms with Crippen molar-refractivity contribution >= 4 is 5.97 Å². The Morgan fingerprint density at radius 2 is 2.33 bits per heavy atom. The van der Waals surface area contributed by atoms with Crippen LogP contribution < -0.4 is 5.32 Å². The second kappa shape index (κ2) is 1.99. The number of carboxylic acid groups (broad SMARTS) is 1. The van der Waals surface area contributed by atoms with E-state index in [2.05, 4.69) is 5.32 Å². The number of nitrogens with one attached hydrogen (secondary N) is 1. The van der Waals surface area contributed by atoms with Crippen LogP contribution in [0.4, 0.5) is 0 Å². The molecule has 1 aliphatic rings. The summed E-state index contributed by atoms with van der Waals surface area (Å²) < 4.78 is 0. The van der Waals surface area contributed by atoms with Gasteiger partial charge >= 0.3 is 5.97 Å². The molecule has 1 saturated heterocycles. The highest BCUT2D eigenvalue weighted by atomic mass is 16.4. The Labute approximate surface area is 54.1 Å². The lowest BCUT2D eigenvalue weighted by molar-refractivity contribution is -0.152. The normalized spacial score (nSPS) is 22.8. The van der Waals surface area contributed by atoms with Gasteiger partial charge in [-0.15, -0.1) is 0 Å². The van der Waals surface area contributed by atoms with Gasteiger partial charge < -0.3 is 10.4 Å². The summed E-state index contributed by atoms with van der Waals surface area (Å²) in [6.45, 7) is 3.19. The minimum absolute atomic E-state index is 0.431. The van der Waals surface area contributed by atoms with Crippen LogP contribution in [0.1, 0.15) is 13.3 Å². The first kappa shape index (κ1) is 6.55. The molecule has 0 unspecified atom stereocenters. The van der Waals surface area contributed by atoms with Crippen molar-refractivity contribution < 1.29 is 9.90 Å². The molecule has 0 bridgehead atoms. The van der Waals surface area contributed by atoms with Crippen molar-refractivity contribution in [3.63, 3.8) is 0 Å². The van der Waals surface area contributed by atoms with E-state index in [9.17, 15) is 4.79 Å². The van der Waals surface area contributed by atoms with Crippen molar-refractivity contribution in [3.8, 4) is 0 Å². The summed E-state index contributed by atoms with van der Waals surface area (Å²) in [4.78, 5) is 10.5. The largest absolute Gasteiger partial charge is 0.481 e. The van der Waals surface area contributed by atoms with Crippen LogP contribution >= 0.6 is 0 Å². The maximum Gasteiger partial charge on any atom is 0.312 e. The van der Waals surface area contributed by atoms with Gasteiger partial charge in [-0.05, 0) is 6.42 Å². The Bertz CT molecular complexity index is 124. The molecule has 0 aromatic heterocycles. The minimum atomic E-state index is -0.663. The van der Waals surface area contributed by atoms with Gasteiger partial charge in [-0.3, -0.25) is 4.79 Å².